The molecule has 0 aliphatic carbocycles. The van der Waals surface area contributed by atoms with Gasteiger partial charge in [0.25, 0.3) is 0 Å². The molecule has 1 N–H and O–H groups in total. The number of methoxy groups -OCH3 is 1. The van der Waals surface area contributed by atoms with E-state index in [0.717, 1.165) is 28.1 Å². The van der Waals surface area contributed by atoms with Crippen LogP contribution in [-0.2, 0) is 4.79 Å². The number of aryl methyl sites for hydroxylation is 1. The Morgan fingerprint density at radius 2 is 1.94 bits per heavy atom. The van der Waals surface area contributed by atoms with Crippen molar-refractivity contribution in [3.05, 3.63) is 64.0 Å². The molecule has 0 aliphatic heterocycles. The van der Waals surface area contributed by atoms with E-state index in [1.54, 1.807) is 13.2 Å². The number of benzene rings is 2. The Morgan fingerprint density at radius 1 is 1.19 bits per heavy atom. The van der Waals surface area contributed by atoms with Gasteiger partial charge in [-0.2, -0.15) is 0 Å². The SMILES string of the molecule is COc1cc(C=CC(=O)Nc2nc(-c3ccc(Cl)cc3)c(C)s2)ccc1OCCC(C)C. The van der Waals surface area contributed by atoms with E-state index >= 15 is 0 Å². The molecule has 0 unspecified atom stereocenters. The van der Waals surface area contributed by atoms with Gasteiger partial charge in [-0.3, -0.25) is 10.1 Å². The molecule has 1 amide bonds. The van der Waals surface area contributed by atoms with Crippen molar-refractivity contribution in [1.82, 2.24) is 4.98 Å². The molecule has 5 nitrogen and oxygen atoms in total. The Kier molecular flexibility index (Phi) is 8.31. The Morgan fingerprint density at radius 3 is 2.62 bits per heavy atom. The second kappa shape index (κ2) is 11.2. The summed E-state index contributed by atoms with van der Waals surface area (Å²) in [5.41, 5.74) is 2.64. The summed E-state index contributed by atoms with van der Waals surface area (Å²) in [4.78, 5) is 18.0. The molecule has 168 valence electrons. The number of thiazole rings is 1. The predicted molar refractivity (Wildman–Crippen MR) is 133 cm³/mol. The van der Waals surface area contributed by atoms with Crippen LogP contribution in [0, 0.1) is 12.8 Å². The van der Waals surface area contributed by atoms with E-state index in [1.165, 1.54) is 17.4 Å². The van der Waals surface area contributed by atoms with Crippen molar-refractivity contribution < 1.29 is 14.3 Å². The lowest BCUT2D eigenvalue weighted by Crippen LogP contribution is -2.07. The van der Waals surface area contributed by atoms with Crippen LogP contribution in [0.25, 0.3) is 17.3 Å². The molecule has 0 spiro atoms. The lowest BCUT2D eigenvalue weighted by molar-refractivity contribution is -0.111. The monoisotopic (exact) mass is 470 g/mol. The highest BCUT2D eigenvalue weighted by Crippen LogP contribution is 2.31. The molecule has 0 atom stereocenters. The van der Waals surface area contributed by atoms with Crippen molar-refractivity contribution in [3.63, 3.8) is 0 Å². The average molecular weight is 471 g/mol. The van der Waals surface area contributed by atoms with Crippen LogP contribution in [0.5, 0.6) is 11.5 Å². The standard InChI is InChI=1S/C25H27ClN2O3S/c1-16(2)13-14-31-21-11-5-18(15-22(21)30-4)6-12-23(29)27-25-28-24(17(3)32-25)19-7-9-20(26)10-8-19/h5-12,15-16H,13-14H2,1-4H3,(H,27,28,29). The average Bonchev–Trinajstić information content (AvgIpc) is 3.12. The molecule has 0 radical (unpaired) electrons. The number of nitrogens with one attached hydrogen (secondary N) is 1. The van der Waals surface area contributed by atoms with Crippen molar-refractivity contribution in [2.75, 3.05) is 19.0 Å². The summed E-state index contributed by atoms with van der Waals surface area (Å²) in [7, 11) is 1.61. The summed E-state index contributed by atoms with van der Waals surface area (Å²) in [6.45, 7) is 6.93. The summed E-state index contributed by atoms with van der Waals surface area (Å²) < 4.78 is 11.2. The Hall–Kier alpha value is -2.83. The normalized spacial score (nSPS) is 11.2. The molecule has 32 heavy (non-hydrogen) atoms. The van der Waals surface area contributed by atoms with Crippen molar-refractivity contribution in [2.24, 2.45) is 5.92 Å². The number of hydrogen-bond donors (Lipinski definition) is 1. The molecule has 0 fully saturated rings. The van der Waals surface area contributed by atoms with E-state index in [-0.39, 0.29) is 5.91 Å². The van der Waals surface area contributed by atoms with Gasteiger partial charge in [-0.25, -0.2) is 4.98 Å². The molecular weight excluding hydrogens is 444 g/mol. The first kappa shape index (κ1) is 23.8. The van der Waals surface area contributed by atoms with E-state index in [4.69, 9.17) is 21.1 Å². The van der Waals surface area contributed by atoms with Crippen LogP contribution in [0.4, 0.5) is 5.13 Å². The van der Waals surface area contributed by atoms with Gasteiger partial charge in [-0.15, -0.1) is 11.3 Å². The molecule has 1 aromatic heterocycles. The van der Waals surface area contributed by atoms with Gasteiger partial charge in [0.2, 0.25) is 5.91 Å². The minimum Gasteiger partial charge on any atom is -0.493 e. The van der Waals surface area contributed by atoms with E-state index < -0.39 is 0 Å². The third-order valence-corrected chi connectivity index (χ3v) is 5.85. The molecule has 0 saturated heterocycles. The second-order valence-electron chi connectivity index (χ2n) is 7.69. The molecule has 0 bridgehead atoms. The summed E-state index contributed by atoms with van der Waals surface area (Å²) in [5, 5.41) is 4.06. The second-order valence-corrected chi connectivity index (χ2v) is 9.33. The van der Waals surface area contributed by atoms with Crippen LogP contribution < -0.4 is 14.8 Å². The third kappa shape index (κ3) is 6.58. The summed E-state index contributed by atoms with van der Waals surface area (Å²) >= 11 is 7.40. The number of aromatic nitrogens is 1. The lowest BCUT2D eigenvalue weighted by Gasteiger charge is -2.12. The zero-order valence-electron chi connectivity index (χ0n) is 18.6. The van der Waals surface area contributed by atoms with Gasteiger partial charge in [0.1, 0.15) is 0 Å². The van der Waals surface area contributed by atoms with E-state index in [9.17, 15) is 4.79 Å². The molecule has 0 saturated carbocycles. The van der Waals surface area contributed by atoms with Gasteiger partial charge >= 0.3 is 0 Å². The Balaban J connectivity index is 1.64. The number of amides is 1. The van der Waals surface area contributed by atoms with Crippen molar-refractivity contribution in [1.29, 1.82) is 0 Å². The maximum absolute atomic E-state index is 12.4. The van der Waals surface area contributed by atoms with E-state index in [0.29, 0.717) is 34.2 Å². The zero-order chi connectivity index (χ0) is 23.1. The first-order valence-electron chi connectivity index (χ1n) is 10.4. The summed E-state index contributed by atoms with van der Waals surface area (Å²) in [6.07, 6.45) is 4.18. The number of carbonyl (C=O) groups is 1. The largest absolute Gasteiger partial charge is 0.493 e. The molecule has 0 aliphatic rings. The number of anilines is 1. The molecule has 7 heteroatoms. The van der Waals surface area contributed by atoms with Gasteiger partial charge < -0.3 is 9.47 Å². The third-order valence-electron chi connectivity index (χ3n) is 4.71. The fourth-order valence-electron chi connectivity index (χ4n) is 2.96. The van der Waals surface area contributed by atoms with E-state index in [1.807, 2.05) is 49.4 Å². The van der Waals surface area contributed by atoms with Crippen molar-refractivity contribution in [3.8, 4) is 22.8 Å². The summed E-state index contributed by atoms with van der Waals surface area (Å²) in [5.74, 6) is 1.66. The fraction of sp³-hybridized carbons (Fsp3) is 0.280. The molecule has 3 rings (SSSR count). The number of rotatable bonds is 9. The molecule has 3 aromatic rings. The smallest absolute Gasteiger partial charge is 0.250 e. The lowest BCUT2D eigenvalue weighted by atomic mass is 10.1. The number of nitrogens with zero attached hydrogens (tertiary/aromatic N) is 1. The number of halogens is 1. The maximum atomic E-state index is 12.4. The van der Waals surface area contributed by atoms with Gasteiger partial charge in [0, 0.05) is 21.5 Å². The highest BCUT2D eigenvalue weighted by molar-refractivity contribution is 7.16. The van der Waals surface area contributed by atoms with Gasteiger partial charge in [-0.05, 0) is 55.2 Å². The van der Waals surface area contributed by atoms with Crippen molar-refractivity contribution in [2.45, 2.75) is 27.2 Å². The summed E-state index contributed by atoms with van der Waals surface area (Å²) in [6, 6.07) is 13.1. The van der Waals surface area contributed by atoms with Crippen LogP contribution in [0.1, 0.15) is 30.7 Å². The number of hydrogen-bond acceptors (Lipinski definition) is 5. The fourth-order valence-corrected chi connectivity index (χ4v) is 3.92. The van der Waals surface area contributed by atoms with Crippen LogP contribution in [0.3, 0.4) is 0 Å². The minimum absolute atomic E-state index is 0.252. The highest BCUT2D eigenvalue weighted by atomic mass is 35.5. The predicted octanol–water partition coefficient (Wildman–Crippen LogP) is 6.86. The van der Waals surface area contributed by atoms with Crippen LogP contribution in [0.2, 0.25) is 5.02 Å². The van der Waals surface area contributed by atoms with E-state index in [2.05, 4.69) is 24.1 Å². The molecule has 2 aromatic carbocycles. The van der Waals surface area contributed by atoms with Gasteiger partial charge in [-0.1, -0.05) is 43.6 Å². The first-order valence-corrected chi connectivity index (χ1v) is 11.6. The van der Waals surface area contributed by atoms with Gasteiger partial charge in [0.05, 0.1) is 19.4 Å². The highest BCUT2D eigenvalue weighted by Gasteiger charge is 2.11. The maximum Gasteiger partial charge on any atom is 0.250 e. The molecular formula is C25H27ClN2O3S. The quantitative estimate of drug-likeness (QED) is 0.347. The number of carbonyl (C=O) groups excluding carboxylic acids is 1. The zero-order valence-corrected chi connectivity index (χ0v) is 20.2. The first-order chi connectivity index (χ1) is 15.4. The van der Waals surface area contributed by atoms with Crippen LogP contribution in [0.15, 0.2) is 48.5 Å². The van der Waals surface area contributed by atoms with Crippen LogP contribution >= 0.6 is 22.9 Å². The Bertz CT molecular complexity index is 1090. The molecule has 1 heterocycles. The topological polar surface area (TPSA) is 60.5 Å². The number of ether oxygens (including phenoxy) is 2. The van der Waals surface area contributed by atoms with Crippen molar-refractivity contribution >= 4 is 40.1 Å². The van der Waals surface area contributed by atoms with Gasteiger partial charge in [0.15, 0.2) is 16.6 Å². The minimum atomic E-state index is -0.252. The Labute approximate surface area is 198 Å². The van der Waals surface area contributed by atoms with Crippen LogP contribution in [-0.4, -0.2) is 24.6 Å².